The van der Waals surface area contributed by atoms with Gasteiger partial charge in [-0.25, -0.2) is 8.42 Å². The molecule has 8 heteroatoms. The van der Waals surface area contributed by atoms with Crippen LogP contribution in [0.5, 0.6) is 0 Å². The zero-order valence-electron chi connectivity index (χ0n) is 16.7. The number of sulfonamides is 1. The van der Waals surface area contributed by atoms with Gasteiger partial charge in [0.2, 0.25) is 0 Å². The van der Waals surface area contributed by atoms with Crippen LogP contribution in [0, 0.1) is 13.8 Å². The van der Waals surface area contributed by atoms with Crippen molar-refractivity contribution in [3.8, 4) is 0 Å². The van der Waals surface area contributed by atoms with Crippen LogP contribution in [0.1, 0.15) is 21.5 Å². The van der Waals surface area contributed by atoms with Crippen LogP contribution in [0.2, 0.25) is 5.02 Å². The second-order valence-corrected chi connectivity index (χ2v) is 9.69. The molecule has 0 aliphatic rings. The smallest absolute Gasteiger partial charge is 0.263 e. The zero-order valence-corrected chi connectivity index (χ0v) is 19.1. The predicted octanol–water partition coefficient (Wildman–Crippen LogP) is 5.73. The summed E-state index contributed by atoms with van der Waals surface area (Å²) in [5.41, 5.74) is 3.09. The Morgan fingerprint density at radius 1 is 1.00 bits per heavy atom. The molecule has 0 aliphatic carbocycles. The molecule has 0 bridgehead atoms. The highest BCUT2D eigenvalue weighted by molar-refractivity contribution is 7.98. The van der Waals surface area contributed by atoms with Crippen LogP contribution in [0.4, 0.5) is 11.4 Å². The number of benzene rings is 3. The lowest BCUT2D eigenvalue weighted by Gasteiger charge is -2.13. The van der Waals surface area contributed by atoms with E-state index in [1.807, 2.05) is 50.4 Å². The van der Waals surface area contributed by atoms with Gasteiger partial charge in [0.05, 0.1) is 10.7 Å². The Hall–Kier alpha value is -2.48. The minimum atomic E-state index is -3.98. The van der Waals surface area contributed by atoms with Crippen LogP contribution >= 0.6 is 23.4 Å². The summed E-state index contributed by atoms with van der Waals surface area (Å²) >= 11 is 7.72. The molecule has 156 valence electrons. The third kappa shape index (κ3) is 5.16. The van der Waals surface area contributed by atoms with Crippen LogP contribution in [-0.2, 0) is 10.0 Å². The van der Waals surface area contributed by atoms with E-state index in [0.717, 1.165) is 16.0 Å². The second kappa shape index (κ2) is 9.12. The Morgan fingerprint density at radius 3 is 2.47 bits per heavy atom. The number of carbonyl (C=O) groups excluding carboxylic acids is 1. The van der Waals surface area contributed by atoms with Crippen LogP contribution < -0.4 is 10.0 Å². The van der Waals surface area contributed by atoms with Gasteiger partial charge in [-0.15, -0.1) is 11.8 Å². The topological polar surface area (TPSA) is 75.3 Å². The lowest BCUT2D eigenvalue weighted by atomic mass is 10.1. The van der Waals surface area contributed by atoms with Gasteiger partial charge in [0.25, 0.3) is 15.9 Å². The number of amides is 1. The largest absolute Gasteiger partial charge is 0.322 e. The summed E-state index contributed by atoms with van der Waals surface area (Å²) in [6, 6.07) is 17.0. The Morgan fingerprint density at radius 2 is 1.77 bits per heavy atom. The summed E-state index contributed by atoms with van der Waals surface area (Å²) in [7, 11) is -3.98. The fourth-order valence-corrected chi connectivity index (χ4v) is 5.00. The molecular formula is C22H21ClN2O3S2. The maximum Gasteiger partial charge on any atom is 0.263 e. The van der Waals surface area contributed by atoms with E-state index in [2.05, 4.69) is 10.0 Å². The molecule has 0 aromatic heterocycles. The Bertz CT molecular complexity index is 1210. The molecule has 0 saturated heterocycles. The molecule has 3 aromatic rings. The normalized spacial score (nSPS) is 11.2. The quantitative estimate of drug-likeness (QED) is 0.460. The van der Waals surface area contributed by atoms with Crippen molar-refractivity contribution in [2.45, 2.75) is 23.6 Å². The van der Waals surface area contributed by atoms with Gasteiger partial charge in [-0.05, 0) is 68.1 Å². The standard InChI is InChI=1S/C22H21ClN2O3S2/c1-14-7-10-20(15(2)11-14)25-30(27,28)21-12-16(8-9-19(21)23)22(26)24-17-5-4-6-18(13-17)29-3/h4-13,25H,1-3H3,(H,24,26). The van der Waals surface area contributed by atoms with Crippen LogP contribution in [0.25, 0.3) is 0 Å². The number of thioether (sulfide) groups is 1. The number of nitrogens with one attached hydrogen (secondary N) is 2. The van der Waals surface area contributed by atoms with Crippen molar-refractivity contribution in [1.29, 1.82) is 0 Å². The first-order valence-electron chi connectivity index (χ1n) is 9.04. The Kier molecular flexibility index (Phi) is 6.75. The molecule has 2 N–H and O–H groups in total. The van der Waals surface area contributed by atoms with Crippen molar-refractivity contribution < 1.29 is 13.2 Å². The minimum absolute atomic E-state index is 0.0354. The van der Waals surface area contributed by atoms with E-state index in [1.54, 1.807) is 23.9 Å². The number of hydrogen-bond acceptors (Lipinski definition) is 4. The van der Waals surface area contributed by atoms with Crippen molar-refractivity contribution in [1.82, 2.24) is 0 Å². The molecule has 0 atom stereocenters. The highest BCUT2D eigenvalue weighted by Gasteiger charge is 2.21. The molecule has 0 saturated carbocycles. The van der Waals surface area contributed by atoms with Crippen molar-refractivity contribution in [2.75, 3.05) is 16.3 Å². The summed E-state index contributed by atoms with van der Waals surface area (Å²) in [4.78, 5) is 13.5. The molecule has 5 nitrogen and oxygen atoms in total. The molecule has 0 fully saturated rings. The van der Waals surface area contributed by atoms with Crippen LogP contribution in [-0.4, -0.2) is 20.6 Å². The maximum atomic E-state index is 12.9. The van der Waals surface area contributed by atoms with E-state index in [4.69, 9.17) is 11.6 Å². The Balaban J connectivity index is 1.89. The third-order valence-electron chi connectivity index (χ3n) is 4.44. The van der Waals surface area contributed by atoms with Gasteiger partial charge in [-0.2, -0.15) is 0 Å². The molecule has 0 radical (unpaired) electrons. The molecule has 1 amide bonds. The van der Waals surface area contributed by atoms with E-state index in [-0.39, 0.29) is 15.5 Å². The average Bonchev–Trinajstić information content (AvgIpc) is 2.70. The molecule has 0 aliphatic heterocycles. The predicted molar refractivity (Wildman–Crippen MR) is 124 cm³/mol. The number of anilines is 2. The highest BCUT2D eigenvalue weighted by atomic mass is 35.5. The first kappa shape index (κ1) is 22.2. The molecule has 0 spiro atoms. The minimum Gasteiger partial charge on any atom is -0.322 e. The fraction of sp³-hybridized carbons (Fsp3) is 0.136. The summed E-state index contributed by atoms with van der Waals surface area (Å²) in [6.07, 6.45) is 1.94. The van der Waals surface area contributed by atoms with Gasteiger partial charge < -0.3 is 5.32 Å². The summed E-state index contributed by atoms with van der Waals surface area (Å²) < 4.78 is 28.4. The van der Waals surface area contributed by atoms with Gasteiger partial charge in [0.15, 0.2) is 0 Å². The summed E-state index contributed by atoms with van der Waals surface area (Å²) in [6.45, 7) is 3.75. The lowest BCUT2D eigenvalue weighted by Crippen LogP contribution is -2.17. The lowest BCUT2D eigenvalue weighted by molar-refractivity contribution is 0.102. The first-order chi connectivity index (χ1) is 14.2. The zero-order chi connectivity index (χ0) is 21.9. The van der Waals surface area contributed by atoms with Gasteiger partial charge >= 0.3 is 0 Å². The number of rotatable bonds is 6. The molecule has 0 unspecified atom stereocenters. The molecule has 3 rings (SSSR count). The number of carbonyl (C=O) groups is 1. The number of halogens is 1. The van der Waals surface area contributed by atoms with Gasteiger partial charge in [-0.1, -0.05) is 35.4 Å². The van der Waals surface area contributed by atoms with Gasteiger partial charge in [0.1, 0.15) is 4.90 Å². The summed E-state index contributed by atoms with van der Waals surface area (Å²) in [5, 5.41) is 2.82. The first-order valence-corrected chi connectivity index (χ1v) is 12.1. The number of aryl methyl sites for hydroxylation is 2. The average molecular weight is 461 g/mol. The monoisotopic (exact) mass is 460 g/mol. The fourth-order valence-electron chi connectivity index (χ4n) is 2.88. The third-order valence-corrected chi connectivity index (χ3v) is 7.01. The highest BCUT2D eigenvalue weighted by Crippen LogP contribution is 2.27. The second-order valence-electron chi connectivity index (χ2n) is 6.76. The van der Waals surface area contributed by atoms with E-state index < -0.39 is 15.9 Å². The SMILES string of the molecule is CSc1cccc(NC(=O)c2ccc(Cl)c(S(=O)(=O)Nc3ccc(C)cc3C)c2)c1. The van der Waals surface area contributed by atoms with Crippen molar-refractivity contribution in [3.63, 3.8) is 0 Å². The van der Waals surface area contributed by atoms with E-state index in [1.165, 1.54) is 18.2 Å². The van der Waals surface area contributed by atoms with Crippen molar-refractivity contribution in [2.24, 2.45) is 0 Å². The van der Waals surface area contributed by atoms with Gasteiger partial charge in [-0.3, -0.25) is 9.52 Å². The van der Waals surface area contributed by atoms with Crippen molar-refractivity contribution >= 4 is 50.7 Å². The molecule has 0 heterocycles. The molecule has 30 heavy (non-hydrogen) atoms. The van der Waals surface area contributed by atoms with Gasteiger partial charge in [0, 0.05) is 16.1 Å². The molecular weight excluding hydrogens is 440 g/mol. The van der Waals surface area contributed by atoms with Crippen molar-refractivity contribution in [3.05, 3.63) is 82.4 Å². The van der Waals surface area contributed by atoms with E-state index >= 15 is 0 Å². The number of hydrogen-bond donors (Lipinski definition) is 2. The summed E-state index contributed by atoms with van der Waals surface area (Å²) in [5.74, 6) is -0.423. The van der Waals surface area contributed by atoms with Crippen LogP contribution in [0.15, 0.2) is 70.5 Å². The Labute approximate surface area is 185 Å². The molecule has 3 aromatic carbocycles. The van der Waals surface area contributed by atoms with Crippen LogP contribution in [0.3, 0.4) is 0 Å². The van der Waals surface area contributed by atoms with E-state index in [0.29, 0.717) is 11.4 Å². The van der Waals surface area contributed by atoms with E-state index in [9.17, 15) is 13.2 Å². The maximum absolute atomic E-state index is 12.9.